The number of carboxylic acid groups (broad SMARTS) is 1. The van der Waals surface area contributed by atoms with E-state index < -0.39 is 11.6 Å². The third-order valence-electron chi connectivity index (χ3n) is 3.61. The number of nitrogens with zero attached hydrogens (tertiary/aromatic N) is 3. The Bertz CT molecular complexity index is 822. The summed E-state index contributed by atoms with van der Waals surface area (Å²) in [7, 11) is 0. The Hall–Kier alpha value is -2.89. The van der Waals surface area contributed by atoms with Crippen molar-refractivity contribution in [2.45, 2.75) is 19.4 Å². The van der Waals surface area contributed by atoms with Crippen LogP contribution in [0.2, 0.25) is 0 Å². The number of hydrogen-bond acceptors (Lipinski definition) is 3. The van der Waals surface area contributed by atoms with Crippen molar-refractivity contribution in [3.63, 3.8) is 0 Å². The van der Waals surface area contributed by atoms with E-state index in [9.17, 15) is 4.79 Å². The van der Waals surface area contributed by atoms with Gasteiger partial charge >= 0.3 is 6.09 Å². The molecule has 3 rings (SSSR count). The second kappa shape index (κ2) is 5.14. The van der Waals surface area contributed by atoms with E-state index in [1.54, 1.807) is 16.9 Å². The van der Waals surface area contributed by atoms with Crippen molar-refractivity contribution in [1.82, 2.24) is 19.9 Å². The van der Waals surface area contributed by atoms with Crippen LogP contribution in [0, 0.1) is 0 Å². The van der Waals surface area contributed by atoms with Crippen LogP contribution >= 0.6 is 0 Å². The normalized spacial score (nSPS) is 11.5. The molecule has 0 aliphatic rings. The smallest absolute Gasteiger partial charge is 0.405 e. The zero-order valence-electron chi connectivity index (χ0n) is 12.3. The highest BCUT2D eigenvalue weighted by atomic mass is 16.4. The molecule has 22 heavy (non-hydrogen) atoms. The van der Waals surface area contributed by atoms with Crippen LogP contribution < -0.4 is 5.32 Å². The molecular formula is C16H16N4O2. The zero-order valence-corrected chi connectivity index (χ0v) is 12.3. The first-order chi connectivity index (χ1) is 10.5. The Labute approximate surface area is 127 Å². The first kappa shape index (κ1) is 14.1. The first-order valence-electron chi connectivity index (χ1n) is 6.87. The molecule has 0 fully saturated rings. The maximum absolute atomic E-state index is 10.8. The van der Waals surface area contributed by atoms with Crippen LogP contribution in [-0.2, 0) is 5.54 Å². The molecule has 2 N–H and O–H groups in total. The molecule has 0 aliphatic carbocycles. The average Bonchev–Trinajstić information content (AvgIpc) is 2.93. The van der Waals surface area contributed by atoms with Gasteiger partial charge in [-0.1, -0.05) is 24.3 Å². The predicted molar refractivity (Wildman–Crippen MR) is 82.6 cm³/mol. The van der Waals surface area contributed by atoms with Crippen molar-refractivity contribution in [3.8, 4) is 11.1 Å². The molecule has 0 aliphatic heterocycles. The van der Waals surface area contributed by atoms with Crippen LogP contribution in [0.3, 0.4) is 0 Å². The number of fused-ring (bicyclic) bond motifs is 1. The molecule has 112 valence electrons. The third kappa shape index (κ3) is 2.63. The van der Waals surface area contributed by atoms with Crippen molar-refractivity contribution in [1.29, 1.82) is 0 Å². The summed E-state index contributed by atoms with van der Waals surface area (Å²) in [6.07, 6.45) is 4.38. The van der Waals surface area contributed by atoms with Gasteiger partial charge in [0, 0.05) is 24.0 Å². The van der Waals surface area contributed by atoms with Gasteiger partial charge in [0.25, 0.3) is 0 Å². The number of amides is 1. The van der Waals surface area contributed by atoms with Crippen LogP contribution in [0.5, 0.6) is 0 Å². The fourth-order valence-corrected chi connectivity index (χ4v) is 2.38. The molecule has 0 atom stereocenters. The summed E-state index contributed by atoms with van der Waals surface area (Å²) in [6.45, 7) is 3.65. The van der Waals surface area contributed by atoms with E-state index >= 15 is 0 Å². The fraction of sp³-hybridized carbons (Fsp3) is 0.188. The summed E-state index contributed by atoms with van der Waals surface area (Å²) in [5.41, 5.74) is 3.00. The van der Waals surface area contributed by atoms with Crippen molar-refractivity contribution in [2.75, 3.05) is 0 Å². The second-order valence-corrected chi connectivity index (χ2v) is 5.61. The summed E-state index contributed by atoms with van der Waals surface area (Å²) in [4.78, 5) is 15.2. The summed E-state index contributed by atoms with van der Waals surface area (Å²) < 4.78 is 1.72. The van der Waals surface area contributed by atoms with E-state index in [1.807, 2.05) is 50.4 Å². The number of aromatic nitrogens is 3. The van der Waals surface area contributed by atoms with Crippen molar-refractivity contribution >= 4 is 11.7 Å². The Morgan fingerprint density at radius 3 is 2.59 bits per heavy atom. The lowest BCUT2D eigenvalue weighted by Gasteiger charge is -2.25. The van der Waals surface area contributed by atoms with Crippen LogP contribution in [0.25, 0.3) is 16.8 Å². The quantitative estimate of drug-likeness (QED) is 0.779. The number of benzene rings is 1. The average molecular weight is 296 g/mol. The van der Waals surface area contributed by atoms with E-state index in [4.69, 9.17) is 5.11 Å². The monoisotopic (exact) mass is 296 g/mol. The van der Waals surface area contributed by atoms with Gasteiger partial charge in [0.2, 0.25) is 0 Å². The summed E-state index contributed by atoms with van der Waals surface area (Å²) in [5, 5.41) is 15.6. The lowest BCUT2D eigenvalue weighted by Crippen LogP contribution is -2.39. The van der Waals surface area contributed by atoms with Crippen LogP contribution in [-0.4, -0.2) is 25.8 Å². The van der Waals surface area contributed by atoms with Crippen molar-refractivity contribution < 1.29 is 9.90 Å². The second-order valence-electron chi connectivity index (χ2n) is 5.61. The van der Waals surface area contributed by atoms with Crippen LogP contribution in [0.15, 0.2) is 48.9 Å². The van der Waals surface area contributed by atoms with E-state index in [-0.39, 0.29) is 0 Å². The Morgan fingerprint density at radius 1 is 1.18 bits per heavy atom. The highest BCUT2D eigenvalue weighted by molar-refractivity contribution is 5.67. The summed E-state index contributed by atoms with van der Waals surface area (Å²) in [5.74, 6) is 0. The molecule has 3 aromatic rings. The molecule has 1 aromatic carbocycles. The van der Waals surface area contributed by atoms with E-state index in [0.29, 0.717) is 0 Å². The van der Waals surface area contributed by atoms with Gasteiger partial charge in [0.1, 0.15) is 0 Å². The molecule has 2 heterocycles. The molecule has 0 radical (unpaired) electrons. The van der Waals surface area contributed by atoms with Crippen molar-refractivity contribution in [2.24, 2.45) is 0 Å². The number of hydrogen-bond donors (Lipinski definition) is 2. The topological polar surface area (TPSA) is 79.5 Å². The molecule has 6 nitrogen and oxygen atoms in total. The molecular weight excluding hydrogens is 280 g/mol. The van der Waals surface area contributed by atoms with Gasteiger partial charge in [-0.15, -0.1) is 0 Å². The Kier molecular flexibility index (Phi) is 3.29. The van der Waals surface area contributed by atoms with Gasteiger partial charge in [-0.3, -0.25) is 0 Å². The minimum atomic E-state index is -1.04. The van der Waals surface area contributed by atoms with Gasteiger partial charge in [-0.25, -0.2) is 14.3 Å². The van der Waals surface area contributed by atoms with Gasteiger partial charge in [-0.05, 0) is 25.0 Å². The maximum atomic E-state index is 10.8. The van der Waals surface area contributed by atoms with Gasteiger partial charge in [0.15, 0.2) is 5.65 Å². The van der Waals surface area contributed by atoms with E-state index in [0.717, 1.165) is 22.3 Å². The molecule has 6 heteroatoms. The Balaban J connectivity index is 1.92. The molecule has 0 spiro atoms. The first-order valence-corrected chi connectivity index (χ1v) is 6.87. The summed E-state index contributed by atoms with van der Waals surface area (Å²) >= 11 is 0. The largest absolute Gasteiger partial charge is 0.465 e. The number of carbonyl (C=O) groups is 1. The SMILES string of the molecule is CC(C)(NC(=O)O)c1ccc(-c2cnc3ccnn3c2)cc1. The predicted octanol–water partition coefficient (Wildman–Crippen LogP) is 2.90. The minimum Gasteiger partial charge on any atom is -0.465 e. The fourth-order valence-electron chi connectivity index (χ4n) is 2.38. The van der Waals surface area contributed by atoms with Gasteiger partial charge in [-0.2, -0.15) is 5.10 Å². The molecule has 2 aromatic heterocycles. The molecule has 0 saturated heterocycles. The number of rotatable bonds is 3. The number of nitrogens with one attached hydrogen (secondary N) is 1. The minimum absolute atomic E-state index is 0.644. The van der Waals surface area contributed by atoms with Gasteiger partial charge in [0.05, 0.1) is 11.7 Å². The third-order valence-corrected chi connectivity index (χ3v) is 3.61. The summed E-state index contributed by atoms with van der Waals surface area (Å²) in [6, 6.07) is 9.57. The van der Waals surface area contributed by atoms with E-state index in [1.165, 1.54) is 0 Å². The zero-order chi connectivity index (χ0) is 15.7. The lowest BCUT2D eigenvalue weighted by atomic mass is 9.93. The highest BCUT2D eigenvalue weighted by Gasteiger charge is 2.22. The Morgan fingerprint density at radius 2 is 1.91 bits per heavy atom. The molecule has 1 amide bonds. The maximum Gasteiger partial charge on any atom is 0.405 e. The molecule has 0 bridgehead atoms. The molecule has 0 unspecified atom stereocenters. The van der Waals surface area contributed by atoms with Crippen LogP contribution in [0.1, 0.15) is 19.4 Å². The standard InChI is InChI=1S/C16H16N4O2/c1-16(2,19-15(21)22)13-5-3-11(4-6-13)12-9-17-14-7-8-18-20(14)10-12/h3-10,19H,1-2H3,(H,21,22). The lowest BCUT2D eigenvalue weighted by molar-refractivity contribution is 0.182. The van der Waals surface area contributed by atoms with Crippen molar-refractivity contribution in [3.05, 3.63) is 54.5 Å². The highest BCUT2D eigenvalue weighted by Crippen LogP contribution is 2.24. The van der Waals surface area contributed by atoms with Gasteiger partial charge < -0.3 is 10.4 Å². The van der Waals surface area contributed by atoms with E-state index in [2.05, 4.69) is 15.4 Å². The molecule has 0 saturated carbocycles. The van der Waals surface area contributed by atoms with Crippen LogP contribution in [0.4, 0.5) is 4.79 Å².